The maximum absolute atomic E-state index is 3.80. The predicted molar refractivity (Wildman–Crippen MR) is 81.0 cm³/mol. The minimum atomic E-state index is 0.292. The predicted octanol–water partition coefficient (Wildman–Crippen LogP) is 3.67. The van der Waals surface area contributed by atoms with Crippen LogP contribution < -0.4 is 5.32 Å². The second-order valence-electron chi connectivity index (χ2n) is 6.84. The summed E-state index contributed by atoms with van der Waals surface area (Å²) in [4.78, 5) is 2.71. The Bertz CT molecular complexity index is 217. The highest BCUT2D eigenvalue weighted by atomic mass is 15.2. The highest BCUT2D eigenvalue weighted by molar-refractivity contribution is 4.94. The van der Waals surface area contributed by atoms with Gasteiger partial charge in [0.1, 0.15) is 0 Å². The zero-order valence-corrected chi connectivity index (χ0v) is 13.3. The number of hydrogen-bond acceptors (Lipinski definition) is 2. The molecule has 1 heterocycles. The van der Waals surface area contributed by atoms with Crippen molar-refractivity contribution in [1.29, 1.82) is 0 Å². The number of nitrogens with zero attached hydrogens (tertiary/aromatic N) is 1. The van der Waals surface area contributed by atoms with Crippen molar-refractivity contribution < 1.29 is 0 Å². The maximum atomic E-state index is 3.80. The van der Waals surface area contributed by atoms with E-state index in [0.717, 1.165) is 12.5 Å². The highest BCUT2D eigenvalue weighted by Crippen LogP contribution is 2.27. The van der Waals surface area contributed by atoms with Gasteiger partial charge in [-0.3, -0.25) is 4.90 Å². The number of nitrogens with one attached hydrogen (secondary N) is 1. The molecule has 1 aliphatic rings. The molecule has 18 heavy (non-hydrogen) atoms. The van der Waals surface area contributed by atoms with Gasteiger partial charge in [0, 0.05) is 11.6 Å². The molecular weight excluding hydrogens is 220 g/mol. The first-order valence-corrected chi connectivity index (χ1v) is 7.97. The van der Waals surface area contributed by atoms with Crippen molar-refractivity contribution in [2.75, 3.05) is 19.6 Å². The maximum Gasteiger partial charge on any atom is 0.0306 e. The lowest BCUT2D eigenvalue weighted by atomic mass is 9.85. The molecule has 1 saturated heterocycles. The van der Waals surface area contributed by atoms with Crippen LogP contribution in [-0.4, -0.2) is 36.1 Å². The van der Waals surface area contributed by atoms with Crippen LogP contribution in [0, 0.1) is 5.92 Å². The molecule has 0 aromatic rings. The molecule has 1 unspecified atom stereocenters. The Labute approximate surface area is 115 Å². The van der Waals surface area contributed by atoms with E-state index >= 15 is 0 Å². The van der Waals surface area contributed by atoms with Crippen LogP contribution in [0.5, 0.6) is 0 Å². The monoisotopic (exact) mass is 254 g/mol. The molecule has 0 bridgehead atoms. The second-order valence-corrected chi connectivity index (χ2v) is 6.84. The normalized spacial score (nSPS) is 20.3. The minimum Gasteiger partial charge on any atom is -0.312 e. The van der Waals surface area contributed by atoms with Crippen LogP contribution >= 0.6 is 0 Å². The molecule has 0 aliphatic carbocycles. The molecule has 0 spiro atoms. The van der Waals surface area contributed by atoms with E-state index in [-0.39, 0.29) is 0 Å². The summed E-state index contributed by atoms with van der Waals surface area (Å²) in [5, 5.41) is 3.80. The quantitative estimate of drug-likeness (QED) is 0.746. The fourth-order valence-corrected chi connectivity index (χ4v) is 3.10. The number of piperidine rings is 1. The average Bonchev–Trinajstić information content (AvgIpc) is 2.35. The molecule has 0 aromatic heterocycles. The molecule has 0 saturated carbocycles. The molecule has 1 aliphatic heterocycles. The zero-order chi connectivity index (χ0) is 13.6. The van der Waals surface area contributed by atoms with E-state index in [1.165, 1.54) is 45.2 Å². The van der Waals surface area contributed by atoms with Gasteiger partial charge in [-0.25, -0.2) is 0 Å². The summed E-state index contributed by atoms with van der Waals surface area (Å²) in [6, 6.07) is 0.621. The second kappa shape index (κ2) is 7.49. The van der Waals surface area contributed by atoms with Crippen molar-refractivity contribution in [2.24, 2.45) is 5.92 Å². The van der Waals surface area contributed by atoms with Gasteiger partial charge in [0.25, 0.3) is 0 Å². The summed E-state index contributed by atoms with van der Waals surface area (Å²) < 4.78 is 0. The molecule has 2 nitrogen and oxygen atoms in total. The largest absolute Gasteiger partial charge is 0.312 e. The van der Waals surface area contributed by atoms with Crippen LogP contribution in [0.3, 0.4) is 0 Å². The van der Waals surface area contributed by atoms with Crippen molar-refractivity contribution >= 4 is 0 Å². The van der Waals surface area contributed by atoms with Gasteiger partial charge in [-0.1, -0.05) is 27.2 Å². The molecule has 1 fully saturated rings. The van der Waals surface area contributed by atoms with Gasteiger partial charge in [-0.15, -0.1) is 0 Å². The Kier molecular flexibility index (Phi) is 6.65. The topological polar surface area (TPSA) is 15.3 Å². The Morgan fingerprint density at radius 3 is 2.22 bits per heavy atom. The highest BCUT2D eigenvalue weighted by Gasteiger charge is 2.35. The fraction of sp³-hybridized carbons (Fsp3) is 1.00. The van der Waals surface area contributed by atoms with Gasteiger partial charge in [0.2, 0.25) is 0 Å². The molecule has 1 rings (SSSR count). The van der Waals surface area contributed by atoms with E-state index in [4.69, 9.17) is 0 Å². The Morgan fingerprint density at radius 1 is 1.11 bits per heavy atom. The minimum absolute atomic E-state index is 0.292. The summed E-state index contributed by atoms with van der Waals surface area (Å²) in [6.07, 6.45) is 6.69. The first kappa shape index (κ1) is 16.0. The van der Waals surface area contributed by atoms with E-state index < -0.39 is 0 Å². The molecule has 0 aromatic carbocycles. The van der Waals surface area contributed by atoms with Crippen molar-refractivity contribution in [3.05, 3.63) is 0 Å². The van der Waals surface area contributed by atoms with E-state index in [1.807, 2.05) is 0 Å². The standard InChI is InChI=1S/C16H34N2/c1-6-10-17-15(13-14(2)3)16(4,5)18-11-8-7-9-12-18/h14-15,17H,6-13H2,1-5H3. The van der Waals surface area contributed by atoms with Crippen LogP contribution in [0.2, 0.25) is 0 Å². The third kappa shape index (κ3) is 4.55. The van der Waals surface area contributed by atoms with Crippen molar-refractivity contribution in [3.63, 3.8) is 0 Å². The first-order chi connectivity index (χ1) is 8.48. The fourth-order valence-electron chi connectivity index (χ4n) is 3.10. The van der Waals surface area contributed by atoms with Crippen LogP contribution in [0.1, 0.15) is 66.7 Å². The van der Waals surface area contributed by atoms with E-state index in [2.05, 4.69) is 44.8 Å². The smallest absolute Gasteiger partial charge is 0.0306 e. The summed E-state index contributed by atoms with van der Waals surface area (Å²) in [5.74, 6) is 0.767. The molecule has 2 heteroatoms. The lowest BCUT2D eigenvalue weighted by Gasteiger charge is -2.47. The van der Waals surface area contributed by atoms with E-state index in [1.54, 1.807) is 0 Å². The van der Waals surface area contributed by atoms with Crippen molar-refractivity contribution in [1.82, 2.24) is 10.2 Å². The Balaban J connectivity index is 2.66. The third-order valence-corrected chi connectivity index (χ3v) is 4.37. The Hall–Kier alpha value is -0.0800. The van der Waals surface area contributed by atoms with Gasteiger partial charge in [-0.2, -0.15) is 0 Å². The lowest BCUT2D eigenvalue weighted by molar-refractivity contribution is 0.0541. The molecule has 0 amide bonds. The molecular formula is C16H34N2. The van der Waals surface area contributed by atoms with Gasteiger partial charge >= 0.3 is 0 Å². The third-order valence-electron chi connectivity index (χ3n) is 4.37. The van der Waals surface area contributed by atoms with Crippen molar-refractivity contribution in [2.45, 2.75) is 78.3 Å². The molecule has 1 atom stereocenters. The van der Waals surface area contributed by atoms with E-state index in [9.17, 15) is 0 Å². The van der Waals surface area contributed by atoms with Crippen LogP contribution in [0.15, 0.2) is 0 Å². The summed E-state index contributed by atoms with van der Waals surface area (Å²) in [5.41, 5.74) is 0.292. The number of likely N-dealkylation sites (tertiary alicyclic amines) is 1. The number of rotatable bonds is 7. The molecule has 0 radical (unpaired) electrons. The van der Waals surface area contributed by atoms with Gasteiger partial charge in [-0.05, 0) is 65.1 Å². The first-order valence-electron chi connectivity index (χ1n) is 7.97. The van der Waals surface area contributed by atoms with Crippen LogP contribution in [0.25, 0.3) is 0 Å². The van der Waals surface area contributed by atoms with Gasteiger partial charge in [0.15, 0.2) is 0 Å². The Morgan fingerprint density at radius 2 is 1.72 bits per heavy atom. The molecule has 108 valence electrons. The summed E-state index contributed by atoms with van der Waals surface area (Å²) in [7, 11) is 0. The SMILES string of the molecule is CCCNC(CC(C)C)C(C)(C)N1CCCCC1. The van der Waals surface area contributed by atoms with E-state index in [0.29, 0.717) is 11.6 Å². The zero-order valence-electron chi connectivity index (χ0n) is 13.3. The van der Waals surface area contributed by atoms with Crippen LogP contribution in [0.4, 0.5) is 0 Å². The average molecular weight is 254 g/mol. The van der Waals surface area contributed by atoms with Gasteiger partial charge < -0.3 is 5.32 Å². The molecule has 1 N–H and O–H groups in total. The lowest BCUT2D eigenvalue weighted by Crippen LogP contribution is -2.59. The summed E-state index contributed by atoms with van der Waals surface area (Å²) in [6.45, 7) is 15.5. The summed E-state index contributed by atoms with van der Waals surface area (Å²) >= 11 is 0. The number of hydrogen-bond donors (Lipinski definition) is 1. The van der Waals surface area contributed by atoms with Crippen molar-refractivity contribution in [3.8, 4) is 0 Å². The van der Waals surface area contributed by atoms with Gasteiger partial charge in [0.05, 0.1) is 0 Å². The van der Waals surface area contributed by atoms with Crippen LogP contribution in [-0.2, 0) is 0 Å².